The third kappa shape index (κ3) is 3.78. The van der Waals surface area contributed by atoms with E-state index in [0.717, 1.165) is 19.3 Å². The minimum Gasteiger partial charge on any atom is -0.508 e. The second-order valence-corrected chi connectivity index (χ2v) is 10.9. The average Bonchev–Trinajstić information content (AvgIpc) is 3.16. The number of hydrogen-bond acceptors (Lipinski definition) is 7. The number of nitrogens with zero attached hydrogens (tertiary/aromatic N) is 1. The number of rotatable bonds is 7. The number of nitrogens with two attached hydrogens (primary N) is 1. The maximum absolute atomic E-state index is 13.8. The lowest BCUT2D eigenvalue weighted by Crippen LogP contribution is -2.51. The van der Waals surface area contributed by atoms with E-state index in [1.807, 2.05) is 13.8 Å². The van der Waals surface area contributed by atoms with Gasteiger partial charge in [-0.2, -0.15) is 0 Å². The third-order valence-corrected chi connectivity index (χ3v) is 8.10. The number of benzene rings is 1. The third-order valence-electron chi connectivity index (χ3n) is 8.10. The van der Waals surface area contributed by atoms with Gasteiger partial charge in [-0.3, -0.25) is 9.59 Å². The molecule has 2 aromatic rings. The topological polar surface area (TPSA) is 139 Å². The molecule has 0 unspecified atom stereocenters. The highest BCUT2D eigenvalue weighted by Gasteiger charge is 2.54. The second-order valence-electron chi connectivity index (χ2n) is 10.9. The molecule has 0 saturated heterocycles. The maximum atomic E-state index is 13.8. The molecule has 0 radical (unpaired) electrons. The van der Waals surface area contributed by atoms with Gasteiger partial charge < -0.3 is 25.8 Å². The number of amides is 1. The van der Waals surface area contributed by atoms with Gasteiger partial charge in [-0.25, -0.2) is 0 Å². The fourth-order valence-corrected chi connectivity index (χ4v) is 6.90. The number of ketones is 1. The molecule has 1 aromatic carbocycles. The number of carbonyl (C=O) groups is 2. The van der Waals surface area contributed by atoms with Crippen LogP contribution in [-0.2, 0) is 4.79 Å². The molecule has 0 atom stereocenters. The Kier molecular flexibility index (Phi) is 5.67. The molecule has 6 rings (SSSR count). The van der Waals surface area contributed by atoms with Crippen LogP contribution in [0.4, 0.5) is 5.69 Å². The summed E-state index contributed by atoms with van der Waals surface area (Å²) in [5.74, 6) is 1.17. The zero-order valence-corrected chi connectivity index (χ0v) is 19.8. The highest BCUT2D eigenvalue weighted by Crippen LogP contribution is 2.60. The summed E-state index contributed by atoms with van der Waals surface area (Å²) in [4.78, 5) is 26.6. The Labute approximate surface area is 198 Å². The molecule has 1 aromatic heterocycles. The average molecular weight is 468 g/mol. The maximum Gasteiger partial charge on any atom is 0.230 e. The molecule has 0 aliphatic heterocycles. The molecule has 1 heterocycles. The summed E-state index contributed by atoms with van der Waals surface area (Å²) in [5.41, 5.74) is 6.23. The van der Waals surface area contributed by atoms with Crippen molar-refractivity contribution in [3.8, 4) is 22.8 Å². The number of Topliss-reactive ketones (excluding diaryl/α,β-unsaturated/α-hetero) is 1. The van der Waals surface area contributed by atoms with Crippen LogP contribution in [0.25, 0.3) is 11.3 Å². The summed E-state index contributed by atoms with van der Waals surface area (Å²) >= 11 is 0. The van der Waals surface area contributed by atoms with Crippen LogP contribution in [0.3, 0.4) is 0 Å². The predicted octanol–water partition coefficient (Wildman–Crippen LogP) is 4.56. The first-order valence-corrected chi connectivity index (χ1v) is 12.3. The van der Waals surface area contributed by atoms with Crippen molar-refractivity contribution in [1.82, 2.24) is 5.16 Å². The molecule has 4 fully saturated rings. The molecule has 8 heteroatoms. The number of hydrogen-bond donors (Lipinski definition) is 4. The van der Waals surface area contributed by atoms with Crippen molar-refractivity contribution in [3.05, 3.63) is 23.4 Å². The summed E-state index contributed by atoms with van der Waals surface area (Å²) in [6.45, 7) is 3.98. The first kappa shape index (κ1) is 22.9. The Hall–Kier alpha value is -2.87. The molecule has 4 saturated carbocycles. The van der Waals surface area contributed by atoms with Crippen LogP contribution in [0.1, 0.15) is 80.8 Å². The van der Waals surface area contributed by atoms with Crippen molar-refractivity contribution < 1.29 is 24.3 Å². The van der Waals surface area contributed by atoms with Gasteiger partial charge in [0.05, 0.1) is 11.0 Å². The Balaban J connectivity index is 1.55. The van der Waals surface area contributed by atoms with Gasteiger partial charge in [-0.1, -0.05) is 19.0 Å². The van der Waals surface area contributed by atoms with E-state index in [1.54, 1.807) is 6.07 Å². The van der Waals surface area contributed by atoms with E-state index in [0.29, 0.717) is 23.3 Å². The Morgan fingerprint density at radius 1 is 1.12 bits per heavy atom. The summed E-state index contributed by atoms with van der Waals surface area (Å²) in [5, 5.41) is 27.9. The van der Waals surface area contributed by atoms with Gasteiger partial charge in [0.1, 0.15) is 17.2 Å². The van der Waals surface area contributed by atoms with Crippen LogP contribution in [-0.4, -0.2) is 33.6 Å². The van der Waals surface area contributed by atoms with E-state index in [-0.39, 0.29) is 64.8 Å². The monoisotopic (exact) mass is 467 g/mol. The van der Waals surface area contributed by atoms with Crippen molar-refractivity contribution in [3.63, 3.8) is 0 Å². The molecule has 4 aliphatic rings. The minimum absolute atomic E-state index is 0.0112. The van der Waals surface area contributed by atoms with Crippen LogP contribution in [0.2, 0.25) is 0 Å². The van der Waals surface area contributed by atoms with E-state index >= 15 is 0 Å². The highest BCUT2D eigenvalue weighted by atomic mass is 16.5. The lowest BCUT2D eigenvalue weighted by Gasteiger charge is -2.55. The fraction of sp³-hybridized carbons (Fsp3) is 0.577. The molecule has 8 nitrogen and oxygen atoms in total. The van der Waals surface area contributed by atoms with Crippen LogP contribution in [0.5, 0.6) is 11.5 Å². The van der Waals surface area contributed by atoms with E-state index in [4.69, 9.17) is 10.3 Å². The van der Waals surface area contributed by atoms with Crippen molar-refractivity contribution in [2.24, 2.45) is 28.9 Å². The smallest absolute Gasteiger partial charge is 0.230 e. The predicted molar refractivity (Wildman–Crippen MR) is 127 cm³/mol. The quantitative estimate of drug-likeness (QED) is 0.438. The number of anilines is 1. The normalized spacial score (nSPS) is 27.4. The largest absolute Gasteiger partial charge is 0.508 e. The lowest BCUT2D eigenvalue weighted by atomic mass is 9.49. The van der Waals surface area contributed by atoms with Crippen molar-refractivity contribution in [1.29, 1.82) is 0 Å². The molecule has 4 aliphatic carbocycles. The van der Waals surface area contributed by atoms with Crippen molar-refractivity contribution in [2.45, 2.75) is 64.7 Å². The summed E-state index contributed by atoms with van der Waals surface area (Å²) in [6, 6.07) is 2.87. The number of phenolic OH excluding ortho intramolecular Hbond substituents is 2. The standard InChI is InChI=1S/C26H33N3O5/c1-13(2)17-8-18(21(32)9-20(17)31)24-23(22(29-34-24)19(30)3-4-27)28-25(33)26-10-14-5-15(11-26)7-16(6-14)12-26/h8-9,13-16,31-32H,3-7,10-12,27H2,1-2H3,(H,28,33). The summed E-state index contributed by atoms with van der Waals surface area (Å²) < 4.78 is 5.56. The lowest BCUT2D eigenvalue weighted by molar-refractivity contribution is -0.140. The van der Waals surface area contributed by atoms with Crippen LogP contribution >= 0.6 is 0 Å². The van der Waals surface area contributed by atoms with E-state index < -0.39 is 5.41 Å². The van der Waals surface area contributed by atoms with Crippen LogP contribution < -0.4 is 11.1 Å². The van der Waals surface area contributed by atoms with Crippen LogP contribution in [0, 0.1) is 23.2 Å². The van der Waals surface area contributed by atoms with Gasteiger partial charge >= 0.3 is 0 Å². The minimum atomic E-state index is -0.433. The first-order valence-electron chi connectivity index (χ1n) is 12.3. The first-order chi connectivity index (χ1) is 16.2. The van der Waals surface area contributed by atoms with E-state index in [9.17, 15) is 19.8 Å². The molecule has 5 N–H and O–H groups in total. The molecule has 0 spiro atoms. The summed E-state index contributed by atoms with van der Waals surface area (Å²) in [7, 11) is 0. The van der Waals surface area contributed by atoms with E-state index in [2.05, 4.69) is 10.5 Å². The SMILES string of the molecule is CC(C)c1cc(-c2onc(C(=O)CCN)c2NC(=O)C23CC4CC(CC(C4)C2)C3)c(O)cc1O. The van der Waals surface area contributed by atoms with Gasteiger partial charge in [-0.15, -0.1) is 0 Å². The molecule has 1 amide bonds. The van der Waals surface area contributed by atoms with Crippen molar-refractivity contribution in [2.75, 3.05) is 11.9 Å². The Bertz CT molecular complexity index is 1100. The Morgan fingerprint density at radius 2 is 1.74 bits per heavy atom. The summed E-state index contributed by atoms with van der Waals surface area (Å²) in [6.07, 6.45) is 6.32. The molecular weight excluding hydrogens is 434 g/mol. The van der Waals surface area contributed by atoms with Gasteiger partial charge in [0.2, 0.25) is 5.91 Å². The number of phenols is 2. The zero-order valence-electron chi connectivity index (χ0n) is 19.8. The fourth-order valence-electron chi connectivity index (χ4n) is 6.90. The van der Waals surface area contributed by atoms with Gasteiger partial charge in [0, 0.05) is 12.5 Å². The Morgan fingerprint density at radius 3 is 2.29 bits per heavy atom. The molecule has 34 heavy (non-hydrogen) atoms. The van der Waals surface area contributed by atoms with Gasteiger partial charge in [0.25, 0.3) is 0 Å². The highest BCUT2D eigenvalue weighted by molar-refractivity contribution is 6.08. The second kappa shape index (κ2) is 8.41. The van der Waals surface area contributed by atoms with Crippen molar-refractivity contribution >= 4 is 17.4 Å². The van der Waals surface area contributed by atoms with Gasteiger partial charge in [0.15, 0.2) is 17.2 Å². The number of aromatic hydroxyl groups is 2. The molecular formula is C26H33N3O5. The van der Waals surface area contributed by atoms with Crippen LogP contribution in [0.15, 0.2) is 16.7 Å². The van der Waals surface area contributed by atoms with E-state index in [1.165, 1.54) is 25.3 Å². The number of aromatic nitrogens is 1. The molecule has 4 bridgehead atoms. The zero-order chi connectivity index (χ0) is 24.2. The van der Waals surface area contributed by atoms with Gasteiger partial charge in [-0.05, 0) is 80.4 Å². The molecule has 182 valence electrons. The number of nitrogens with one attached hydrogen (secondary N) is 1. The number of carbonyl (C=O) groups excluding carboxylic acids is 2.